The second kappa shape index (κ2) is 12.1. The van der Waals surface area contributed by atoms with E-state index in [2.05, 4.69) is 26.5 Å². The van der Waals surface area contributed by atoms with Crippen molar-refractivity contribution in [2.24, 2.45) is 5.10 Å². The van der Waals surface area contributed by atoms with Gasteiger partial charge in [0, 0.05) is 5.56 Å². The first kappa shape index (κ1) is 23.5. The fraction of sp³-hybridized carbons (Fsp3) is 0.364. The standard InChI is InChI=1S/C22H27BrN2O5/c1-5-10-30-21-17(23)11-15(12-20(21)29-7-3)14-24-25-22(26)16-8-9-18(27-4)19(13-16)28-6-2/h8-9,11-14H,5-7,10H2,1-4H3,(H,25,26)/b24-14+. The number of methoxy groups -OCH3 is 1. The number of hydrazone groups is 1. The lowest BCUT2D eigenvalue weighted by molar-refractivity contribution is 0.0954. The van der Waals surface area contributed by atoms with E-state index in [4.69, 9.17) is 18.9 Å². The van der Waals surface area contributed by atoms with Gasteiger partial charge in [-0.05, 0) is 72.1 Å². The number of ether oxygens (including phenoxy) is 4. The van der Waals surface area contributed by atoms with E-state index in [1.54, 1.807) is 31.5 Å². The predicted octanol–water partition coefficient (Wildman–Crippen LogP) is 4.81. The van der Waals surface area contributed by atoms with Gasteiger partial charge in [0.05, 0.1) is 37.6 Å². The van der Waals surface area contributed by atoms with Gasteiger partial charge in [0.15, 0.2) is 23.0 Å². The Morgan fingerprint density at radius 1 is 1.03 bits per heavy atom. The summed E-state index contributed by atoms with van der Waals surface area (Å²) in [5.41, 5.74) is 3.68. The SMILES string of the molecule is CCCOc1c(Br)cc(/C=N/NC(=O)c2ccc(OC)c(OCC)c2)cc1OCC. The van der Waals surface area contributed by atoms with Crippen LogP contribution in [0, 0.1) is 0 Å². The van der Waals surface area contributed by atoms with Crippen LogP contribution in [0.25, 0.3) is 0 Å². The maximum atomic E-state index is 12.4. The molecule has 0 fully saturated rings. The molecule has 1 amide bonds. The zero-order valence-electron chi connectivity index (χ0n) is 17.7. The first-order valence-electron chi connectivity index (χ1n) is 9.77. The number of nitrogens with zero attached hydrogens (tertiary/aromatic N) is 1. The molecule has 0 saturated carbocycles. The molecule has 162 valence electrons. The Hall–Kier alpha value is -2.74. The van der Waals surface area contributed by atoms with Crippen molar-refractivity contribution in [2.75, 3.05) is 26.9 Å². The Morgan fingerprint density at radius 2 is 1.77 bits per heavy atom. The van der Waals surface area contributed by atoms with Crippen LogP contribution in [0.1, 0.15) is 43.1 Å². The van der Waals surface area contributed by atoms with Gasteiger partial charge in [-0.1, -0.05) is 6.92 Å². The average molecular weight is 479 g/mol. The van der Waals surface area contributed by atoms with Crippen molar-refractivity contribution in [1.29, 1.82) is 0 Å². The van der Waals surface area contributed by atoms with E-state index in [-0.39, 0.29) is 5.91 Å². The molecule has 0 aromatic heterocycles. The third kappa shape index (κ3) is 6.38. The minimum atomic E-state index is -0.359. The molecule has 0 bridgehead atoms. The highest BCUT2D eigenvalue weighted by Crippen LogP contribution is 2.36. The third-order valence-corrected chi connectivity index (χ3v) is 4.48. The van der Waals surface area contributed by atoms with Crippen LogP contribution in [0.5, 0.6) is 23.0 Å². The Balaban J connectivity index is 2.14. The molecule has 1 N–H and O–H groups in total. The highest BCUT2D eigenvalue weighted by Gasteiger charge is 2.13. The predicted molar refractivity (Wildman–Crippen MR) is 120 cm³/mol. The van der Waals surface area contributed by atoms with Crippen molar-refractivity contribution in [2.45, 2.75) is 27.2 Å². The van der Waals surface area contributed by atoms with Crippen molar-refractivity contribution >= 4 is 28.1 Å². The molecule has 2 aromatic carbocycles. The summed E-state index contributed by atoms with van der Waals surface area (Å²) in [6, 6.07) is 8.62. The van der Waals surface area contributed by atoms with E-state index in [0.29, 0.717) is 48.4 Å². The van der Waals surface area contributed by atoms with Crippen LogP contribution in [-0.2, 0) is 0 Å². The van der Waals surface area contributed by atoms with Crippen LogP contribution in [-0.4, -0.2) is 39.1 Å². The number of rotatable bonds is 11. The molecule has 0 aliphatic rings. The molecule has 8 heteroatoms. The topological polar surface area (TPSA) is 78.4 Å². The molecule has 0 radical (unpaired) electrons. The summed E-state index contributed by atoms with van der Waals surface area (Å²) in [4.78, 5) is 12.4. The number of benzene rings is 2. The molecule has 2 rings (SSSR count). The smallest absolute Gasteiger partial charge is 0.271 e. The first-order chi connectivity index (χ1) is 14.5. The Morgan fingerprint density at radius 3 is 2.43 bits per heavy atom. The monoisotopic (exact) mass is 478 g/mol. The van der Waals surface area contributed by atoms with E-state index < -0.39 is 0 Å². The zero-order valence-corrected chi connectivity index (χ0v) is 19.2. The average Bonchev–Trinajstić information content (AvgIpc) is 2.73. The molecule has 30 heavy (non-hydrogen) atoms. The second-order valence-corrected chi connectivity index (χ2v) is 6.96. The number of carbonyl (C=O) groups excluding carboxylic acids is 1. The van der Waals surface area contributed by atoms with Gasteiger partial charge in [0.25, 0.3) is 5.91 Å². The molecular weight excluding hydrogens is 452 g/mol. The van der Waals surface area contributed by atoms with Crippen LogP contribution in [0.2, 0.25) is 0 Å². The fourth-order valence-corrected chi connectivity index (χ4v) is 3.16. The minimum absolute atomic E-state index is 0.359. The Kier molecular flexibility index (Phi) is 9.47. The Labute approximate surface area is 185 Å². The summed E-state index contributed by atoms with van der Waals surface area (Å²) in [5.74, 6) is 1.98. The van der Waals surface area contributed by atoms with Crippen molar-refractivity contribution in [1.82, 2.24) is 5.43 Å². The normalized spacial score (nSPS) is 10.7. The summed E-state index contributed by atoms with van der Waals surface area (Å²) in [6.07, 6.45) is 2.44. The van der Waals surface area contributed by atoms with Gasteiger partial charge >= 0.3 is 0 Å². The molecule has 0 spiro atoms. The van der Waals surface area contributed by atoms with Crippen LogP contribution >= 0.6 is 15.9 Å². The van der Waals surface area contributed by atoms with Gasteiger partial charge in [-0.2, -0.15) is 5.10 Å². The fourth-order valence-electron chi connectivity index (χ4n) is 2.59. The molecule has 0 unspecified atom stereocenters. The highest BCUT2D eigenvalue weighted by molar-refractivity contribution is 9.10. The summed E-state index contributed by atoms with van der Waals surface area (Å²) >= 11 is 3.51. The zero-order chi connectivity index (χ0) is 21.9. The van der Waals surface area contributed by atoms with Gasteiger partial charge < -0.3 is 18.9 Å². The van der Waals surface area contributed by atoms with Gasteiger partial charge in [-0.25, -0.2) is 5.43 Å². The maximum absolute atomic E-state index is 12.4. The minimum Gasteiger partial charge on any atom is -0.493 e. The molecule has 0 atom stereocenters. The van der Waals surface area contributed by atoms with E-state index in [1.165, 1.54) is 0 Å². The van der Waals surface area contributed by atoms with E-state index >= 15 is 0 Å². The molecule has 0 saturated heterocycles. The summed E-state index contributed by atoms with van der Waals surface area (Å²) in [5, 5.41) is 4.06. The van der Waals surface area contributed by atoms with Crippen LogP contribution in [0.3, 0.4) is 0 Å². The van der Waals surface area contributed by atoms with Crippen molar-refractivity contribution in [3.05, 3.63) is 45.9 Å². The largest absolute Gasteiger partial charge is 0.493 e. The lowest BCUT2D eigenvalue weighted by Gasteiger charge is -2.14. The van der Waals surface area contributed by atoms with Crippen LogP contribution < -0.4 is 24.4 Å². The molecular formula is C22H27BrN2O5. The van der Waals surface area contributed by atoms with Crippen molar-refractivity contribution < 1.29 is 23.7 Å². The van der Waals surface area contributed by atoms with Crippen LogP contribution in [0.4, 0.5) is 0 Å². The lowest BCUT2D eigenvalue weighted by atomic mass is 10.2. The van der Waals surface area contributed by atoms with Gasteiger partial charge in [-0.3, -0.25) is 4.79 Å². The molecule has 0 aliphatic carbocycles. The summed E-state index contributed by atoms with van der Waals surface area (Å²) < 4.78 is 22.9. The number of amides is 1. The number of hydrogen-bond acceptors (Lipinski definition) is 6. The number of hydrogen-bond donors (Lipinski definition) is 1. The summed E-state index contributed by atoms with van der Waals surface area (Å²) in [7, 11) is 1.55. The third-order valence-electron chi connectivity index (χ3n) is 3.89. The second-order valence-electron chi connectivity index (χ2n) is 6.11. The van der Waals surface area contributed by atoms with Gasteiger partial charge in [0.1, 0.15) is 0 Å². The van der Waals surface area contributed by atoms with Crippen molar-refractivity contribution in [3.63, 3.8) is 0 Å². The molecule has 0 heterocycles. The number of carbonyl (C=O) groups is 1. The van der Waals surface area contributed by atoms with E-state index in [9.17, 15) is 4.79 Å². The molecule has 0 aliphatic heterocycles. The Bertz CT molecular complexity index is 886. The van der Waals surface area contributed by atoms with Gasteiger partial charge in [0.2, 0.25) is 0 Å². The lowest BCUT2D eigenvalue weighted by Crippen LogP contribution is -2.17. The van der Waals surface area contributed by atoms with E-state index in [1.807, 2.05) is 32.9 Å². The number of nitrogens with one attached hydrogen (secondary N) is 1. The molecule has 2 aromatic rings. The molecule has 7 nitrogen and oxygen atoms in total. The number of halogens is 1. The highest BCUT2D eigenvalue weighted by atomic mass is 79.9. The van der Waals surface area contributed by atoms with Gasteiger partial charge in [-0.15, -0.1) is 0 Å². The summed E-state index contributed by atoms with van der Waals surface area (Å²) in [6.45, 7) is 7.37. The first-order valence-corrected chi connectivity index (χ1v) is 10.6. The van der Waals surface area contributed by atoms with Crippen LogP contribution in [0.15, 0.2) is 39.9 Å². The van der Waals surface area contributed by atoms with E-state index in [0.717, 1.165) is 16.5 Å². The quantitative estimate of drug-likeness (QED) is 0.370. The maximum Gasteiger partial charge on any atom is 0.271 e. The van der Waals surface area contributed by atoms with Crippen molar-refractivity contribution in [3.8, 4) is 23.0 Å².